The molecule has 3 aromatic rings. The van der Waals surface area contributed by atoms with Gasteiger partial charge in [-0.15, -0.1) is 12.4 Å². The quantitative estimate of drug-likeness (QED) is 0.0880. The Balaban J connectivity index is -0.000000813. The van der Waals surface area contributed by atoms with E-state index in [2.05, 4.69) is 26.0 Å². The van der Waals surface area contributed by atoms with E-state index in [4.69, 9.17) is 42.0 Å². The molecule has 65 heavy (non-hydrogen) atoms. The molecule has 16 nitrogen and oxygen atoms in total. The summed E-state index contributed by atoms with van der Waals surface area (Å²) < 4.78 is 61.3. The average Bonchev–Trinajstić information content (AvgIpc) is 3.22. The highest BCUT2D eigenvalue weighted by Crippen LogP contribution is 2.11. The Labute approximate surface area is 389 Å². The molecule has 3 rings (SSSR count). The Morgan fingerprint density at radius 1 is 0.508 bits per heavy atom. The molecule has 0 fully saturated rings. The van der Waals surface area contributed by atoms with Crippen LogP contribution in [0.3, 0.4) is 0 Å². The van der Waals surface area contributed by atoms with Gasteiger partial charge in [0.2, 0.25) is 0 Å². The molecule has 0 saturated heterocycles. The predicted molar refractivity (Wildman–Crippen MR) is 247 cm³/mol. The first kappa shape index (κ1) is 63.0. The van der Waals surface area contributed by atoms with Gasteiger partial charge in [0.05, 0.1) is 19.0 Å². The summed E-state index contributed by atoms with van der Waals surface area (Å²) in [5, 5.41) is 9.57. The maximum atomic E-state index is 12.8. The van der Waals surface area contributed by atoms with Crippen LogP contribution >= 0.6 is 24.0 Å². The van der Waals surface area contributed by atoms with E-state index in [1.807, 2.05) is 12.1 Å². The Morgan fingerprint density at radius 3 is 1.02 bits per heavy atom. The highest BCUT2D eigenvalue weighted by Gasteiger charge is 2.17. The van der Waals surface area contributed by atoms with Crippen molar-refractivity contribution in [2.75, 3.05) is 39.3 Å². The third-order valence-corrected chi connectivity index (χ3v) is 6.55. The zero-order chi connectivity index (χ0) is 47.7. The number of ether oxygens (including phenoxy) is 5. The van der Waals surface area contributed by atoms with Crippen LogP contribution in [0, 0.1) is 0 Å². The average molecular weight is 962 g/mol. The van der Waals surface area contributed by atoms with Gasteiger partial charge >= 0.3 is 29.8 Å². The highest BCUT2D eigenvalue weighted by molar-refractivity contribution is 6.61. The second-order valence-electron chi connectivity index (χ2n) is 14.2. The predicted octanol–water partition coefficient (Wildman–Crippen LogP) is 9.55. The van der Waals surface area contributed by atoms with Crippen LogP contribution in [-0.2, 0) is 9.47 Å². The summed E-state index contributed by atoms with van der Waals surface area (Å²) in [5.41, 5.74) is 9.20. The van der Waals surface area contributed by atoms with Gasteiger partial charge in [0.1, 0.15) is 28.5 Å². The lowest BCUT2D eigenvalue weighted by Crippen LogP contribution is -2.36. The van der Waals surface area contributed by atoms with Crippen molar-refractivity contribution >= 4 is 53.8 Å². The molecule has 0 spiro atoms. The molecule has 0 aliphatic carbocycles. The largest absolute Gasteiger partial charge is 0.444 e. The van der Waals surface area contributed by atoms with Gasteiger partial charge in [-0.25, -0.2) is 37.1 Å². The lowest BCUT2D eigenvalue weighted by molar-refractivity contribution is 0.0521. The first-order chi connectivity index (χ1) is 29.7. The maximum Gasteiger partial charge on any atom is 0.412 e. The number of hydrogen-bond donors (Lipinski definition) is 6. The molecular formula is C44H61Cl2F3N6O10. The van der Waals surface area contributed by atoms with Gasteiger partial charge in [-0.2, -0.15) is 0 Å². The molecule has 0 radical (unpaired) electrons. The second kappa shape index (κ2) is 36.1. The molecule has 0 saturated carbocycles. The fraction of sp³-hybridized carbons (Fsp3) is 0.341. The van der Waals surface area contributed by atoms with Crippen LogP contribution in [0.2, 0.25) is 0 Å². The SMILES string of the molecule is C.CC(C)(C)OC(=O)NCC(=CF)CN.CC(C)(C)OC(=O)NCC(=CF)CNC(=O)Oc1ccccc1.Cl.NC/C(=C\F)CNC(=O)Oc1ccccc1.O=C(Cl)Oc1ccccc1. The van der Waals surface area contributed by atoms with Gasteiger partial charge in [0.15, 0.2) is 0 Å². The third-order valence-electron chi connectivity index (χ3n) is 6.47. The normalized spacial score (nSPS) is 10.9. The van der Waals surface area contributed by atoms with Crippen LogP contribution < -0.4 is 46.9 Å². The Morgan fingerprint density at radius 2 is 0.769 bits per heavy atom. The molecule has 0 aromatic heterocycles. The van der Waals surface area contributed by atoms with Gasteiger partial charge in [0, 0.05) is 50.9 Å². The number of amides is 4. The summed E-state index contributed by atoms with van der Waals surface area (Å²) in [5.74, 6) is 1.27. The summed E-state index contributed by atoms with van der Waals surface area (Å²) >= 11 is 4.95. The number of rotatable bonds is 13. The van der Waals surface area contributed by atoms with Gasteiger partial charge in [-0.05, 0) is 94.7 Å². The van der Waals surface area contributed by atoms with Crippen molar-refractivity contribution in [3.05, 3.63) is 127 Å². The Kier molecular flexibility index (Phi) is 35.0. The Bertz CT molecular complexity index is 1900. The molecule has 21 heteroatoms. The smallest absolute Gasteiger partial charge is 0.412 e. The lowest BCUT2D eigenvalue weighted by atomic mass is 10.2. The third kappa shape index (κ3) is 36.9. The van der Waals surface area contributed by atoms with Crippen molar-refractivity contribution in [2.24, 2.45) is 11.5 Å². The van der Waals surface area contributed by atoms with Gasteiger partial charge < -0.3 is 56.4 Å². The van der Waals surface area contributed by atoms with Crippen LogP contribution in [0.15, 0.2) is 127 Å². The lowest BCUT2D eigenvalue weighted by Gasteiger charge is -2.20. The van der Waals surface area contributed by atoms with Gasteiger partial charge in [0.25, 0.3) is 0 Å². The number of carbonyl (C=O) groups excluding carboxylic acids is 5. The summed E-state index contributed by atoms with van der Waals surface area (Å²) in [6.45, 7) is 10.5. The van der Waals surface area contributed by atoms with E-state index in [-0.39, 0.29) is 64.7 Å². The number of carbonyl (C=O) groups is 5. The summed E-state index contributed by atoms with van der Waals surface area (Å²) in [4.78, 5) is 55.5. The molecular weight excluding hydrogens is 900 g/mol. The van der Waals surface area contributed by atoms with E-state index in [1.165, 1.54) is 0 Å². The Hall–Kier alpha value is -6.28. The number of benzene rings is 3. The molecule has 0 aliphatic heterocycles. The van der Waals surface area contributed by atoms with E-state index in [0.29, 0.717) is 47.4 Å². The fourth-order valence-electron chi connectivity index (χ4n) is 3.67. The maximum absolute atomic E-state index is 12.8. The zero-order valence-electron chi connectivity index (χ0n) is 36.3. The molecule has 3 aromatic carbocycles. The highest BCUT2D eigenvalue weighted by atomic mass is 35.5. The number of alkyl carbamates (subject to hydrolysis) is 2. The minimum atomic E-state index is -0.814. The molecule has 0 atom stereocenters. The zero-order valence-corrected chi connectivity index (χ0v) is 37.9. The molecule has 8 N–H and O–H groups in total. The number of para-hydroxylation sites is 3. The van der Waals surface area contributed by atoms with E-state index < -0.39 is 41.0 Å². The molecule has 0 heterocycles. The number of halogens is 5. The van der Waals surface area contributed by atoms with Gasteiger partial charge in [-0.1, -0.05) is 62.0 Å². The van der Waals surface area contributed by atoms with E-state index in [1.54, 1.807) is 120 Å². The minimum Gasteiger partial charge on any atom is -0.444 e. The van der Waals surface area contributed by atoms with Crippen LogP contribution in [0.4, 0.5) is 37.1 Å². The molecule has 0 bridgehead atoms. The molecule has 4 amide bonds. The van der Waals surface area contributed by atoms with Crippen molar-refractivity contribution in [3.63, 3.8) is 0 Å². The van der Waals surface area contributed by atoms with Crippen LogP contribution in [0.1, 0.15) is 49.0 Å². The fourth-order valence-corrected chi connectivity index (χ4v) is 3.75. The van der Waals surface area contributed by atoms with Gasteiger partial charge in [-0.3, -0.25) is 0 Å². The van der Waals surface area contributed by atoms with E-state index >= 15 is 0 Å². The molecule has 362 valence electrons. The van der Waals surface area contributed by atoms with Crippen molar-refractivity contribution in [1.82, 2.24) is 21.3 Å². The number of nitrogens with two attached hydrogens (primary N) is 2. The minimum absolute atomic E-state index is 0. The number of nitrogens with one attached hydrogen (secondary N) is 4. The number of hydrogen-bond acceptors (Lipinski definition) is 12. The summed E-state index contributed by atoms with van der Waals surface area (Å²) in [7, 11) is 0. The summed E-state index contributed by atoms with van der Waals surface area (Å²) in [6.07, 6.45) is -1.51. The van der Waals surface area contributed by atoms with E-state index in [9.17, 15) is 37.1 Å². The molecule has 0 aliphatic rings. The second-order valence-corrected chi connectivity index (χ2v) is 14.5. The van der Waals surface area contributed by atoms with E-state index in [0.717, 1.165) is 0 Å². The first-order valence-corrected chi connectivity index (χ1v) is 19.2. The molecule has 0 unspecified atom stereocenters. The van der Waals surface area contributed by atoms with Crippen LogP contribution in [-0.4, -0.2) is 80.3 Å². The van der Waals surface area contributed by atoms with Crippen molar-refractivity contribution < 1.29 is 60.8 Å². The van der Waals surface area contributed by atoms with Crippen molar-refractivity contribution in [3.8, 4) is 17.2 Å². The standard InChI is InChI=1S/C16H21FN2O4.C11H13FN2O2.C9H17FN2O2.C7H5ClO2.CH4.ClH/c1-16(2,3)23-15(21)19-11-12(9-17)10-18-14(20)22-13-7-5-4-6-8-13;12-6-9(7-13)8-14-11(15)16-10-4-2-1-3-5-10;1-9(2,3)14-8(13)12-6-7(4-10)5-11;8-7(9)10-6-4-2-1-3-5-6;;/h4-9H,10-11H2,1-3H3,(H,18,20)(H,19,21);1-6H,7-8,13H2,(H,14,15);4H,5-6,11H2,1-3H3,(H,12,13);1-5H;1H4;1H/b;9-6+;;;;. The van der Waals surface area contributed by atoms with Crippen molar-refractivity contribution in [1.29, 1.82) is 0 Å². The topological polar surface area (TPSA) is 232 Å². The van der Waals surface area contributed by atoms with Crippen LogP contribution in [0.25, 0.3) is 0 Å². The van der Waals surface area contributed by atoms with Crippen LogP contribution in [0.5, 0.6) is 17.2 Å². The monoisotopic (exact) mass is 960 g/mol. The van der Waals surface area contributed by atoms with Crippen molar-refractivity contribution in [2.45, 2.75) is 60.2 Å². The first-order valence-electron chi connectivity index (χ1n) is 18.9. The summed E-state index contributed by atoms with van der Waals surface area (Å²) in [6, 6.07) is 25.7.